The summed E-state index contributed by atoms with van der Waals surface area (Å²) in [7, 11) is 3.86. The Bertz CT molecular complexity index is 1390. The van der Waals surface area contributed by atoms with Crippen LogP contribution >= 0.6 is 0 Å². The Morgan fingerprint density at radius 1 is 1.00 bits per heavy atom. The van der Waals surface area contributed by atoms with E-state index in [0.717, 1.165) is 43.0 Å². The van der Waals surface area contributed by atoms with Crippen LogP contribution in [0.5, 0.6) is 0 Å². The summed E-state index contributed by atoms with van der Waals surface area (Å²) in [6.07, 6.45) is 1.29. The van der Waals surface area contributed by atoms with Crippen LogP contribution in [0.4, 0.5) is 38.4 Å². The number of nitrogens with one attached hydrogen (secondary N) is 1. The first-order valence-corrected chi connectivity index (χ1v) is 13.2. The number of piperazine rings is 1. The highest BCUT2D eigenvalue weighted by Crippen LogP contribution is 2.41. The number of para-hydroxylation sites is 1. The van der Waals surface area contributed by atoms with E-state index in [1.807, 2.05) is 30.3 Å². The fourth-order valence-corrected chi connectivity index (χ4v) is 5.65. The number of nitrogens with zero attached hydrogens (tertiary/aromatic N) is 7. The molecule has 2 N–H and O–H groups in total. The summed E-state index contributed by atoms with van der Waals surface area (Å²) in [5.41, 5.74) is 4.36. The molecule has 2 aromatic carbocycles. The molecular weight excluding hydrogens is 496 g/mol. The third-order valence-corrected chi connectivity index (χ3v) is 7.84. The van der Waals surface area contributed by atoms with Crippen molar-refractivity contribution in [1.29, 1.82) is 0 Å². The average Bonchev–Trinajstić information content (AvgIpc) is 2.95. The van der Waals surface area contributed by atoms with E-state index in [1.54, 1.807) is 29.1 Å². The molecule has 3 aliphatic rings. The Hall–Kier alpha value is -4.38. The molecular formula is C28H32N8O3. The molecule has 0 spiro atoms. The van der Waals surface area contributed by atoms with Gasteiger partial charge >= 0.3 is 12.1 Å². The quantitative estimate of drug-likeness (QED) is 0.524. The molecule has 39 heavy (non-hydrogen) atoms. The van der Waals surface area contributed by atoms with Gasteiger partial charge in [-0.2, -0.15) is 4.98 Å². The van der Waals surface area contributed by atoms with E-state index in [9.17, 15) is 14.7 Å². The number of anilines is 5. The molecule has 1 saturated heterocycles. The van der Waals surface area contributed by atoms with E-state index < -0.39 is 6.09 Å². The van der Waals surface area contributed by atoms with Crippen LogP contribution in [0.3, 0.4) is 0 Å². The lowest BCUT2D eigenvalue weighted by Crippen LogP contribution is -2.49. The van der Waals surface area contributed by atoms with E-state index in [-0.39, 0.29) is 12.1 Å². The van der Waals surface area contributed by atoms with Crippen molar-refractivity contribution >= 4 is 41.0 Å². The van der Waals surface area contributed by atoms with Gasteiger partial charge in [0.1, 0.15) is 5.82 Å². The maximum absolute atomic E-state index is 13.5. The summed E-state index contributed by atoms with van der Waals surface area (Å²) < 4.78 is 0. The first kappa shape index (κ1) is 24.9. The standard InChI is InChI=1S/C28H32N8O3/c1-32-13-15-34(16-14-32)21-9-7-20(8-10-21)30-26-29-17-19-18-36(27(37)33(2)25(19)31-26)24-11-12-35(28(38)39)23-6-4-3-5-22(23)24/h3-10,17,24H,11-16,18H2,1-2H3,(H,38,39)(H,29,30,31)/t24-/m0/s1. The molecule has 0 radical (unpaired) electrons. The van der Waals surface area contributed by atoms with Crippen molar-refractivity contribution in [2.45, 2.75) is 19.0 Å². The van der Waals surface area contributed by atoms with Crippen LogP contribution in [0.1, 0.15) is 23.6 Å². The molecule has 1 aromatic heterocycles. The molecule has 4 heterocycles. The van der Waals surface area contributed by atoms with E-state index >= 15 is 0 Å². The van der Waals surface area contributed by atoms with Gasteiger partial charge in [-0.25, -0.2) is 14.6 Å². The summed E-state index contributed by atoms with van der Waals surface area (Å²) in [4.78, 5) is 43.9. The van der Waals surface area contributed by atoms with Gasteiger partial charge in [-0.15, -0.1) is 0 Å². The summed E-state index contributed by atoms with van der Waals surface area (Å²) >= 11 is 0. The molecule has 0 unspecified atom stereocenters. The van der Waals surface area contributed by atoms with Crippen LogP contribution < -0.4 is 20.0 Å². The number of carboxylic acid groups (broad SMARTS) is 1. The number of hydrogen-bond acceptors (Lipinski definition) is 7. The highest BCUT2D eigenvalue weighted by Gasteiger charge is 2.38. The van der Waals surface area contributed by atoms with Gasteiger partial charge in [-0.3, -0.25) is 9.80 Å². The minimum Gasteiger partial charge on any atom is -0.465 e. The SMILES string of the molecule is CN1CCN(c2ccc(Nc3ncc4c(n3)N(C)C(=O)N([C@H]3CCN(C(=O)O)c5ccccc53)C4)cc2)CC1. The fraction of sp³-hybridized carbons (Fsp3) is 0.357. The van der Waals surface area contributed by atoms with E-state index in [0.29, 0.717) is 37.0 Å². The van der Waals surface area contributed by atoms with Crippen LogP contribution in [0.15, 0.2) is 54.7 Å². The number of carbonyl (C=O) groups is 2. The third kappa shape index (κ3) is 4.69. The maximum Gasteiger partial charge on any atom is 0.411 e. The predicted octanol–water partition coefficient (Wildman–Crippen LogP) is 3.97. The van der Waals surface area contributed by atoms with Gasteiger partial charge in [0.25, 0.3) is 0 Å². The Labute approximate surface area is 227 Å². The zero-order valence-electron chi connectivity index (χ0n) is 22.1. The van der Waals surface area contributed by atoms with Gasteiger partial charge in [-0.05, 0) is 49.4 Å². The zero-order chi connectivity index (χ0) is 27.1. The number of carbonyl (C=O) groups excluding carboxylic acids is 1. The molecule has 11 heteroatoms. The van der Waals surface area contributed by atoms with E-state index in [2.05, 4.69) is 44.3 Å². The van der Waals surface area contributed by atoms with Gasteiger partial charge < -0.3 is 25.1 Å². The maximum atomic E-state index is 13.5. The first-order valence-electron chi connectivity index (χ1n) is 13.2. The Morgan fingerprint density at radius 2 is 1.74 bits per heavy atom. The largest absolute Gasteiger partial charge is 0.465 e. The monoisotopic (exact) mass is 528 g/mol. The van der Waals surface area contributed by atoms with Crippen LogP contribution in [-0.4, -0.2) is 83.8 Å². The van der Waals surface area contributed by atoms with Crippen LogP contribution in [0.25, 0.3) is 0 Å². The van der Waals surface area contributed by atoms with Gasteiger partial charge in [0, 0.05) is 62.9 Å². The average molecular weight is 529 g/mol. The Balaban J connectivity index is 1.19. The van der Waals surface area contributed by atoms with Gasteiger partial charge in [0.2, 0.25) is 5.95 Å². The van der Waals surface area contributed by atoms with Crippen molar-refractivity contribution in [1.82, 2.24) is 19.8 Å². The zero-order valence-corrected chi connectivity index (χ0v) is 22.1. The topological polar surface area (TPSA) is 108 Å². The Morgan fingerprint density at radius 3 is 2.49 bits per heavy atom. The van der Waals surface area contributed by atoms with Crippen molar-refractivity contribution < 1.29 is 14.7 Å². The van der Waals surface area contributed by atoms with Gasteiger partial charge in [0.05, 0.1) is 18.3 Å². The number of aromatic nitrogens is 2. The molecule has 3 aliphatic heterocycles. The summed E-state index contributed by atoms with van der Waals surface area (Å²) in [5.74, 6) is 0.994. The Kier molecular flexibility index (Phi) is 6.43. The second kappa shape index (κ2) is 10.1. The number of benzene rings is 2. The number of rotatable bonds is 4. The smallest absolute Gasteiger partial charge is 0.411 e. The second-order valence-electron chi connectivity index (χ2n) is 10.3. The molecule has 202 valence electrons. The van der Waals surface area contributed by atoms with E-state index in [1.165, 1.54) is 10.6 Å². The van der Waals surface area contributed by atoms with Crippen molar-refractivity contribution in [2.24, 2.45) is 0 Å². The minimum atomic E-state index is -0.990. The molecule has 3 aromatic rings. The highest BCUT2D eigenvalue weighted by molar-refractivity contribution is 5.94. The first-order chi connectivity index (χ1) is 18.9. The summed E-state index contributed by atoms with van der Waals surface area (Å²) in [6, 6.07) is 15.2. The van der Waals surface area contributed by atoms with Crippen molar-refractivity contribution in [3.63, 3.8) is 0 Å². The molecule has 1 fully saturated rings. The molecule has 0 saturated carbocycles. The molecule has 0 aliphatic carbocycles. The lowest BCUT2D eigenvalue weighted by molar-refractivity contribution is 0.166. The van der Waals surface area contributed by atoms with Gasteiger partial charge in [-0.1, -0.05) is 18.2 Å². The molecule has 6 rings (SSSR count). The molecule has 1 atom stereocenters. The van der Waals surface area contributed by atoms with Crippen LogP contribution in [0.2, 0.25) is 0 Å². The lowest BCUT2D eigenvalue weighted by Gasteiger charge is -2.42. The van der Waals surface area contributed by atoms with E-state index in [4.69, 9.17) is 0 Å². The number of hydrogen-bond donors (Lipinski definition) is 2. The van der Waals surface area contributed by atoms with Crippen molar-refractivity contribution in [3.05, 3.63) is 65.9 Å². The molecule has 3 amide bonds. The second-order valence-corrected chi connectivity index (χ2v) is 10.3. The summed E-state index contributed by atoms with van der Waals surface area (Å²) in [5, 5.41) is 12.9. The van der Waals surface area contributed by atoms with Crippen molar-refractivity contribution in [2.75, 3.05) is 66.8 Å². The highest BCUT2D eigenvalue weighted by atomic mass is 16.4. The number of urea groups is 1. The van der Waals surface area contributed by atoms with Crippen molar-refractivity contribution in [3.8, 4) is 0 Å². The number of amides is 3. The molecule has 11 nitrogen and oxygen atoms in total. The van der Waals surface area contributed by atoms with Crippen LogP contribution in [-0.2, 0) is 6.54 Å². The lowest BCUT2D eigenvalue weighted by atomic mass is 9.94. The van der Waals surface area contributed by atoms with Gasteiger partial charge in [0.15, 0.2) is 0 Å². The third-order valence-electron chi connectivity index (χ3n) is 7.84. The minimum absolute atomic E-state index is 0.174. The number of likely N-dealkylation sites (N-methyl/N-ethyl adjacent to an activating group) is 1. The predicted molar refractivity (Wildman–Crippen MR) is 150 cm³/mol. The molecule has 0 bridgehead atoms. The van der Waals surface area contributed by atoms with Crippen LogP contribution in [0, 0.1) is 0 Å². The summed E-state index contributed by atoms with van der Waals surface area (Å²) in [6.45, 7) is 4.81. The fourth-order valence-electron chi connectivity index (χ4n) is 5.65. The normalized spacial score (nSPS) is 19.5. The number of fused-ring (bicyclic) bond motifs is 2.